The third-order valence-electron chi connectivity index (χ3n) is 2.61. The van der Waals surface area contributed by atoms with E-state index in [4.69, 9.17) is 0 Å². The number of halogens is 1. The van der Waals surface area contributed by atoms with Crippen LogP contribution in [0.15, 0.2) is 18.2 Å². The van der Waals surface area contributed by atoms with Crippen LogP contribution in [0.5, 0.6) is 0 Å². The Labute approximate surface area is 107 Å². The number of nitrogens with zero attached hydrogens (tertiary/aromatic N) is 2. The normalized spacial score (nSPS) is 16.2. The van der Waals surface area contributed by atoms with E-state index >= 15 is 0 Å². The number of piperazine rings is 1. The van der Waals surface area contributed by atoms with Crippen LogP contribution in [0, 0.1) is 13.7 Å². The second kappa shape index (κ2) is 4.96. The average molecular weight is 333 g/mol. The summed E-state index contributed by atoms with van der Waals surface area (Å²) in [6, 6.07) is 5.29. The summed E-state index contributed by atoms with van der Waals surface area (Å²) in [5, 5.41) is 14.0. The molecule has 1 aliphatic heterocycles. The van der Waals surface area contributed by atoms with E-state index in [-0.39, 0.29) is 10.6 Å². The largest absolute Gasteiger partial charge is 0.369 e. The fourth-order valence-electron chi connectivity index (χ4n) is 1.76. The Hall–Kier alpha value is -0.890. The molecule has 1 fully saturated rings. The topological polar surface area (TPSA) is 58.4 Å². The lowest BCUT2D eigenvalue weighted by molar-refractivity contribution is -0.385. The van der Waals surface area contributed by atoms with Gasteiger partial charge in [0, 0.05) is 37.9 Å². The molecular formula is C10H12IN3O2. The lowest BCUT2D eigenvalue weighted by atomic mass is 10.2. The van der Waals surface area contributed by atoms with Crippen molar-refractivity contribution in [3.63, 3.8) is 0 Å². The van der Waals surface area contributed by atoms with Crippen LogP contribution >= 0.6 is 22.6 Å². The molecule has 2 rings (SSSR count). The Morgan fingerprint density at radius 1 is 1.38 bits per heavy atom. The molecule has 0 spiro atoms. The van der Waals surface area contributed by atoms with Crippen molar-refractivity contribution in [3.05, 3.63) is 31.9 Å². The molecule has 1 saturated heterocycles. The summed E-state index contributed by atoms with van der Waals surface area (Å²) >= 11 is 2.01. The first-order valence-electron chi connectivity index (χ1n) is 5.08. The molecule has 0 atom stereocenters. The van der Waals surface area contributed by atoms with Gasteiger partial charge in [-0.2, -0.15) is 0 Å². The van der Waals surface area contributed by atoms with E-state index in [2.05, 4.69) is 10.2 Å². The van der Waals surface area contributed by atoms with Crippen molar-refractivity contribution < 1.29 is 4.92 Å². The van der Waals surface area contributed by atoms with E-state index in [9.17, 15) is 10.1 Å². The number of rotatable bonds is 2. The number of hydrogen-bond acceptors (Lipinski definition) is 4. The Morgan fingerprint density at radius 3 is 2.62 bits per heavy atom. The van der Waals surface area contributed by atoms with Gasteiger partial charge in [-0.1, -0.05) is 0 Å². The quantitative estimate of drug-likeness (QED) is 0.508. The van der Waals surface area contributed by atoms with Gasteiger partial charge in [0.2, 0.25) is 0 Å². The summed E-state index contributed by atoms with van der Waals surface area (Å²) in [5.74, 6) is 0. The molecule has 0 aromatic heterocycles. The average Bonchev–Trinajstić information content (AvgIpc) is 2.29. The molecule has 1 N–H and O–H groups in total. The smallest absolute Gasteiger partial charge is 0.282 e. The maximum Gasteiger partial charge on any atom is 0.282 e. The molecule has 6 heteroatoms. The molecule has 0 unspecified atom stereocenters. The molecule has 1 aliphatic rings. The highest BCUT2D eigenvalue weighted by atomic mass is 127. The lowest BCUT2D eigenvalue weighted by Gasteiger charge is -2.29. The van der Waals surface area contributed by atoms with Gasteiger partial charge in [0.05, 0.1) is 8.49 Å². The number of anilines is 1. The van der Waals surface area contributed by atoms with Crippen molar-refractivity contribution in [3.8, 4) is 0 Å². The highest BCUT2D eigenvalue weighted by Gasteiger charge is 2.15. The fourth-order valence-corrected chi connectivity index (χ4v) is 2.46. The molecular weight excluding hydrogens is 321 g/mol. The number of nitrogens with one attached hydrogen (secondary N) is 1. The van der Waals surface area contributed by atoms with Crippen LogP contribution in [0.2, 0.25) is 0 Å². The lowest BCUT2D eigenvalue weighted by Crippen LogP contribution is -2.43. The van der Waals surface area contributed by atoms with Gasteiger partial charge in [-0.15, -0.1) is 0 Å². The number of nitro benzene ring substituents is 1. The predicted molar refractivity (Wildman–Crippen MR) is 70.9 cm³/mol. The van der Waals surface area contributed by atoms with E-state index in [0.717, 1.165) is 31.9 Å². The molecule has 1 heterocycles. The van der Waals surface area contributed by atoms with Gasteiger partial charge in [0.15, 0.2) is 0 Å². The predicted octanol–water partition coefficient (Wildman–Crippen LogP) is 1.61. The molecule has 5 nitrogen and oxygen atoms in total. The van der Waals surface area contributed by atoms with Crippen LogP contribution in [0.3, 0.4) is 0 Å². The minimum Gasteiger partial charge on any atom is -0.369 e. The molecule has 1 aromatic rings. The summed E-state index contributed by atoms with van der Waals surface area (Å²) in [4.78, 5) is 12.6. The summed E-state index contributed by atoms with van der Waals surface area (Å²) in [7, 11) is 0. The molecule has 0 radical (unpaired) electrons. The van der Waals surface area contributed by atoms with Crippen molar-refractivity contribution in [1.29, 1.82) is 0 Å². The van der Waals surface area contributed by atoms with Gasteiger partial charge in [0.1, 0.15) is 0 Å². The minimum absolute atomic E-state index is 0.180. The molecule has 0 bridgehead atoms. The fraction of sp³-hybridized carbons (Fsp3) is 0.400. The third kappa shape index (κ3) is 2.43. The SMILES string of the molecule is O=[N+]([O-])c1ccc(N2CCNCC2)cc1I. The van der Waals surface area contributed by atoms with Crippen molar-refractivity contribution in [2.75, 3.05) is 31.1 Å². The molecule has 0 saturated carbocycles. The Kier molecular flexibility index (Phi) is 3.59. The first kappa shape index (κ1) is 11.6. The van der Waals surface area contributed by atoms with E-state index in [1.165, 1.54) is 0 Å². The van der Waals surface area contributed by atoms with Crippen LogP contribution in [-0.2, 0) is 0 Å². The summed E-state index contributed by atoms with van der Waals surface area (Å²) in [6.07, 6.45) is 0. The van der Waals surface area contributed by atoms with Crippen LogP contribution in [0.4, 0.5) is 11.4 Å². The van der Waals surface area contributed by atoms with Crippen LogP contribution in [0.1, 0.15) is 0 Å². The summed E-state index contributed by atoms with van der Waals surface area (Å²) in [5.41, 5.74) is 1.25. The van der Waals surface area contributed by atoms with Crippen LogP contribution < -0.4 is 10.2 Å². The van der Waals surface area contributed by atoms with Crippen LogP contribution in [0.25, 0.3) is 0 Å². The van der Waals surface area contributed by atoms with Crippen molar-refractivity contribution >= 4 is 34.0 Å². The molecule has 1 aromatic carbocycles. The Balaban J connectivity index is 2.23. The summed E-state index contributed by atoms with van der Waals surface area (Å²) < 4.78 is 0.693. The van der Waals surface area contributed by atoms with E-state index in [0.29, 0.717) is 3.57 Å². The van der Waals surface area contributed by atoms with E-state index < -0.39 is 0 Å². The zero-order chi connectivity index (χ0) is 11.5. The molecule has 16 heavy (non-hydrogen) atoms. The van der Waals surface area contributed by atoms with Gasteiger partial charge >= 0.3 is 0 Å². The maximum absolute atomic E-state index is 10.7. The van der Waals surface area contributed by atoms with Gasteiger partial charge in [-0.05, 0) is 34.7 Å². The van der Waals surface area contributed by atoms with E-state index in [1.807, 2.05) is 34.7 Å². The molecule has 0 aliphatic carbocycles. The Morgan fingerprint density at radius 2 is 2.06 bits per heavy atom. The van der Waals surface area contributed by atoms with Gasteiger partial charge in [-0.25, -0.2) is 0 Å². The standard InChI is InChI=1S/C10H12IN3O2/c11-9-7-8(1-2-10(9)14(15)16)13-5-3-12-4-6-13/h1-2,7,12H,3-6H2. The van der Waals surface area contributed by atoms with Crippen molar-refractivity contribution in [1.82, 2.24) is 5.32 Å². The van der Waals surface area contributed by atoms with Gasteiger partial charge in [-0.3, -0.25) is 10.1 Å². The Bertz CT molecular complexity index is 405. The zero-order valence-corrected chi connectivity index (χ0v) is 10.8. The van der Waals surface area contributed by atoms with Gasteiger partial charge < -0.3 is 10.2 Å². The van der Waals surface area contributed by atoms with Crippen molar-refractivity contribution in [2.24, 2.45) is 0 Å². The van der Waals surface area contributed by atoms with Crippen LogP contribution in [-0.4, -0.2) is 31.1 Å². The number of benzene rings is 1. The third-order valence-corrected chi connectivity index (χ3v) is 3.47. The maximum atomic E-state index is 10.7. The second-order valence-electron chi connectivity index (χ2n) is 3.63. The first-order chi connectivity index (χ1) is 7.68. The summed E-state index contributed by atoms with van der Waals surface area (Å²) in [6.45, 7) is 3.84. The highest BCUT2D eigenvalue weighted by Crippen LogP contribution is 2.26. The molecule has 86 valence electrons. The van der Waals surface area contributed by atoms with Gasteiger partial charge in [0.25, 0.3) is 5.69 Å². The minimum atomic E-state index is -0.344. The highest BCUT2D eigenvalue weighted by molar-refractivity contribution is 14.1. The number of nitro groups is 1. The monoisotopic (exact) mass is 333 g/mol. The zero-order valence-electron chi connectivity index (χ0n) is 8.65. The van der Waals surface area contributed by atoms with E-state index in [1.54, 1.807) is 6.07 Å². The number of hydrogen-bond donors (Lipinski definition) is 1. The molecule has 0 amide bonds. The van der Waals surface area contributed by atoms with Crippen molar-refractivity contribution in [2.45, 2.75) is 0 Å². The second-order valence-corrected chi connectivity index (χ2v) is 4.79. The first-order valence-corrected chi connectivity index (χ1v) is 6.16.